The quantitative estimate of drug-likeness (QED) is 0.293. The van der Waals surface area contributed by atoms with Crippen molar-refractivity contribution in [3.05, 3.63) is 35.4 Å². The van der Waals surface area contributed by atoms with Gasteiger partial charge in [-0.15, -0.1) is 0 Å². The molecule has 2 atom stereocenters. The van der Waals surface area contributed by atoms with Gasteiger partial charge in [-0.2, -0.15) is 0 Å². The van der Waals surface area contributed by atoms with Gasteiger partial charge in [-0.1, -0.05) is 63.3 Å². The Balaban J connectivity index is 1.91. The Hall–Kier alpha value is -1.16. The van der Waals surface area contributed by atoms with Crippen molar-refractivity contribution in [2.24, 2.45) is 4.99 Å². The fraction of sp³-hybridized carbons (Fsp3) is 0.708. The van der Waals surface area contributed by atoms with Gasteiger partial charge >= 0.3 is 7.60 Å². The van der Waals surface area contributed by atoms with E-state index in [0.717, 1.165) is 6.42 Å². The van der Waals surface area contributed by atoms with Gasteiger partial charge in [0.2, 0.25) is 5.72 Å². The van der Waals surface area contributed by atoms with Gasteiger partial charge in [-0.25, -0.2) is 4.99 Å². The molecular weight excluding hydrogens is 397 g/mol. The molecule has 2 rings (SSSR count). The Bertz CT molecular complexity index is 739. The van der Waals surface area contributed by atoms with Crippen molar-refractivity contribution in [3.63, 3.8) is 0 Å². The van der Waals surface area contributed by atoms with Crippen LogP contribution in [0, 0.1) is 0 Å². The van der Waals surface area contributed by atoms with Crippen LogP contribution < -0.4 is 0 Å². The third kappa shape index (κ3) is 7.51. The maximum atomic E-state index is 12.8. The van der Waals surface area contributed by atoms with Crippen molar-refractivity contribution < 1.29 is 18.7 Å². The fourth-order valence-corrected chi connectivity index (χ4v) is 4.40. The smallest absolute Gasteiger partial charge is 0.335 e. The summed E-state index contributed by atoms with van der Waals surface area (Å²) < 4.78 is 24.0. The molecule has 1 heterocycles. The van der Waals surface area contributed by atoms with Crippen molar-refractivity contribution in [3.8, 4) is 0 Å². The predicted octanol–water partition coefficient (Wildman–Crippen LogP) is 6.67. The van der Waals surface area contributed by atoms with E-state index in [0.29, 0.717) is 18.7 Å². The maximum Gasteiger partial charge on any atom is 0.335 e. The number of rotatable bonds is 12. The van der Waals surface area contributed by atoms with Crippen molar-refractivity contribution in [1.82, 2.24) is 0 Å². The fourth-order valence-electron chi connectivity index (χ4n) is 3.48. The van der Waals surface area contributed by atoms with Gasteiger partial charge in [-0.05, 0) is 51.2 Å². The van der Waals surface area contributed by atoms with E-state index in [1.165, 1.54) is 49.7 Å². The third-order valence-electron chi connectivity index (χ3n) is 5.66. The molecule has 1 aliphatic rings. The van der Waals surface area contributed by atoms with Crippen LogP contribution in [0.4, 0.5) is 0 Å². The van der Waals surface area contributed by atoms with Gasteiger partial charge in [0, 0.05) is 13.3 Å². The number of benzene rings is 1. The van der Waals surface area contributed by atoms with Crippen LogP contribution in [0.15, 0.2) is 29.3 Å². The molecule has 0 spiro atoms. The topological polar surface area (TPSA) is 68.1 Å². The van der Waals surface area contributed by atoms with Gasteiger partial charge in [0.05, 0.1) is 5.16 Å². The normalized spacial score (nSPS) is 21.2. The van der Waals surface area contributed by atoms with E-state index >= 15 is 0 Å². The third-order valence-corrected chi connectivity index (χ3v) is 7.94. The molecule has 1 aliphatic heterocycles. The number of aliphatic imine (C=N–C) groups is 1. The standard InChI is InChI=1S/C24H40NO4P/c1-6-7-8-9-10-11-12-21-13-15-22(16-14-21)17-18-24(19-28-20(2)25-24)29-30(26,27)23(3,4)5/h13-16H,6-12,17-19H2,1-5H3,(H,26,27). The van der Waals surface area contributed by atoms with E-state index in [1.54, 1.807) is 27.7 Å². The second-order valence-corrected chi connectivity index (χ2v) is 12.0. The van der Waals surface area contributed by atoms with Gasteiger partial charge in [0.15, 0.2) is 5.90 Å². The van der Waals surface area contributed by atoms with E-state index in [9.17, 15) is 9.46 Å². The van der Waals surface area contributed by atoms with Crippen LogP contribution in [0.1, 0.15) is 90.7 Å². The molecule has 170 valence electrons. The molecule has 0 aromatic heterocycles. The van der Waals surface area contributed by atoms with E-state index in [1.807, 2.05) is 0 Å². The van der Waals surface area contributed by atoms with E-state index in [-0.39, 0.29) is 6.61 Å². The average molecular weight is 438 g/mol. The highest BCUT2D eigenvalue weighted by molar-refractivity contribution is 7.54. The minimum absolute atomic E-state index is 0.176. The lowest BCUT2D eigenvalue weighted by atomic mass is 10.00. The summed E-state index contributed by atoms with van der Waals surface area (Å²) in [5, 5.41) is -0.871. The molecule has 0 saturated heterocycles. The summed E-state index contributed by atoms with van der Waals surface area (Å²) in [6, 6.07) is 8.69. The lowest BCUT2D eigenvalue weighted by molar-refractivity contribution is 0.0258. The minimum Gasteiger partial charge on any atom is -0.476 e. The second-order valence-electron chi connectivity index (χ2n) is 9.48. The van der Waals surface area contributed by atoms with Crippen molar-refractivity contribution >= 4 is 13.5 Å². The van der Waals surface area contributed by atoms with Crippen LogP contribution in [-0.4, -0.2) is 28.3 Å². The molecule has 0 aliphatic carbocycles. The molecule has 0 bridgehead atoms. The number of ether oxygens (including phenoxy) is 1. The molecule has 0 amide bonds. The Labute approximate surface area is 182 Å². The van der Waals surface area contributed by atoms with E-state index < -0.39 is 18.5 Å². The monoisotopic (exact) mass is 437 g/mol. The highest BCUT2D eigenvalue weighted by Gasteiger charge is 2.47. The molecular formula is C24H40NO4P. The summed E-state index contributed by atoms with van der Waals surface area (Å²) in [6.45, 7) is 9.29. The number of aryl methyl sites for hydroxylation is 2. The molecule has 6 heteroatoms. The molecule has 2 unspecified atom stereocenters. The zero-order chi connectivity index (χ0) is 22.3. The number of nitrogens with zero attached hydrogens (tertiary/aromatic N) is 1. The Morgan fingerprint density at radius 3 is 2.17 bits per heavy atom. The summed E-state index contributed by atoms with van der Waals surface area (Å²) in [4.78, 5) is 14.9. The van der Waals surface area contributed by atoms with E-state index in [4.69, 9.17) is 9.26 Å². The lowest BCUT2D eigenvalue weighted by Crippen LogP contribution is -2.34. The first kappa shape index (κ1) is 25.1. The Morgan fingerprint density at radius 1 is 1.07 bits per heavy atom. The van der Waals surface area contributed by atoms with Crippen LogP contribution in [0.5, 0.6) is 0 Å². The van der Waals surface area contributed by atoms with Crippen LogP contribution in [0.25, 0.3) is 0 Å². The number of unbranched alkanes of at least 4 members (excludes halogenated alkanes) is 5. The van der Waals surface area contributed by atoms with Crippen LogP contribution >= 0.6 is 7.60 Å². The highest BCUT2D eigenvalue weighted by Crippen LogP contribution is 2.58. The zero-order valence-electron chi connectivity index (χ0n) is 19.4. The molecule has 5 nitrogen and oxygen atoms in total. The van der Waals surface area contributed by atoms with Gasteiger partial charge in [-0.3, -0.25) is 9.09 Å². The molecule has 0 fully saturated rings. The van der Waals surface area contributed by atoms with Crippen LogP contribution in [0.3, 0.4) is 0 Å². The molecule has 0 saturated carbocycles. The SMILES string of the molecule is CCCCCCCCc1ccc(CCC2(OP(=O)(O)C(C)(C)C)COC(C)=N2)cc1. The van der Waals surface area contributed by atoms with Crippen molar-refractivity contribution in [2.45, 2.75) is 103 Å². The zero-order valence-corrected chi connectivity index (χ0v) is 20.3. The van der Waals surface area contributed by atoms with Crippen molar-refractivity contribution in [1.29, 1.82) is 0 Å². The predicted molar refractivity (Wildman–Crippen MR) is 124 cm³/mol. The maximum absolute atomic E-state index is 12.8. The van der Waals surface area contributed by atoms with E-state index in [2.05, 4.69) is 36.2 Å². The molecule has 1 N–H and O–H groups in total. The first-order valence-corrected chi connectivity index (χ1v) is 13.0. The molecule has 1 aromatic carbocycles. The number of hydrogen-bond donors (Lipinski definition) is 1. The van der Waals surface area contributed by atoms with Gasteiger partial charge in [0.1, 0.15) is 6.61 Å². The molecule has 0 radical (unpaired) electrons. The lowest BCUT2D eigenvalue weighted by Gasteiger charge is -2.33. The summed E-state index contributed by atoms with van der Waals surface area (Å²) >= 11 is 0. The largest absolute Gasteiger partial charge is 0.476 e. The summed E-state index contributed by atoms with van der Waals surface area (Å²) in [5.74, 6) is 0.498. The Morgan fingerprint density at radius 2 is 1.63 bits per heavy atom. The summed E-state index contributed by atoms with van der Waals surface area (Å²) in [7, 11) is -3.86. The van der Waals surface area contributed by atoms with Crippen molar-refractivity contribution in [2.75, 3.05) is 6.61 Å². The average Bonchev–Trinajstić information content (AvgIpc) is 3.03. The van der Waals surface area contributed by atoms with Crippen LogP contribution in [-0.2, 0) is 26.7 Å². The highest BCUT2D eigenvalue weighted by atomic mass is 31.2. The summed E-state index contributed by atoms with van der Waals surface area (Å²) in [5.41, 5.74) is 1.44. The summed E-state index contributed by atoms with van der Waals surface area (Å²) in [6.07, 6.45) is 10.2. The minimum atomic E-state index is -3.86. The molecule has 30 heavy (non-hydrogen) atoms. The molecule has 1 aromatic rings. The number of hydrogen-bond acceptors (Lipinski definition) is 4. The second kappa shape index (κ2) is 10.9. The Kier molecular flexibility index (Phi) is 9.14. The van der Waals surface area contributed by atoms with Gasteiger partial charge < -0.3 is 9.63 Å². The van der Waals surface area contributed by atoms with Crippen LogP contribution in [0.2, 0.25) is 0 Å². The first-order chi connectivity index (χ1) is 14.1. The first-order valence-electron chi connectivity index (χ1n) is 11.4. The van der Waals surface area contributed by atoms with Gasteiger partial charge in [0.25, 0.3) is 0 Å².